The summed E-state index contributed by atoms with van der Waals surface area (Å²) in [5.41, 5.74) is 2.74. The minimum Gasteiger partial charge on any atom is -0.463 e. The molecule has 108 valence electrons. The molecule has 1 unspecified atom stereocenters. The van der Waals surface area contributed by atoms with Crippen molar-refractivity contribution in [1.29, 1.82) is 0 Å². The summed E-state index contributed by atoms with van der Waals surface area (Å²) in [6.07, 6.45) is 3.79. The summed E-state index contributed by atoms with van der Waals surface area (Å²) >= 11 is 4.28. The zero-order valence-electron chi connectivity index (χ0n) is 12.0. The van der Waals surface area contributed by atoms with Crippen LogP contribution >= 0.6 is 23.5 Å². The number of benzene rings is 1. The maximum absolute atomic E-state index is 6.26. The normalized spacial score (nSPS) is 29.6. The van der Waals surface area contributed by atoms with Gasteiger partial charge in [-0.2, -0.15) is 0 Å². The molecule has 1 aliphatic carbocycles. The summed E-state index contributed by atoms with van der Waals surface area (Å²) < 4.78 is 12.6. The summed E-state index contributed by atoms with van der Waals surface area (Å²) in [5.74, 6) is 3.09. The second kappa shape index (κ2) is 4.59. The minimum atomic E-state index is -0.515. The topological polar surface area (TPSA) is 18.5 Å². The van der Waals surface area contributed by atoms with E-state index in [9.17, 15) is 0 Å². The fourth-order valence-corrected chi connectivity index (χ4v) is 6.90. The number of ether oxygens (including phenoxy) is 2. The Morgan fingerprint density at radius 3 is 2.80 bits per heavy atom. The molecule has 0 saturated carbocycles. The standard InChI is InChI=1S/C16H20O2S2/c1-15(2)17-12-6-3-5-11-9-16(19-7-4-8-20-16)10-13(18-15)14(11)12/h3,5-6,13H,4,7-10H2,1-2H3. The average Bonchev–Trinajstić information content (AvgIpc) is 2.37. The Morgan fingerprint density at radius 2 is 2.00 bits per heavy atom. The van der Waals surface area contributed by atoms with Gasteiger partial charge in [0.25, 0.3) is 0 Å². The first-order valence-corrected chi connectivity index (χ1v) is 9.31. The largest absolute Gasteiger partial charge is 0.463 e. The van der Waals surface area contributed by atoms with Crippen molar-refractivity contribution >= 4 is 23.5 Å². The highest BCUT2D eigenvalue weighted by atomic mass is 32.2. The molecule has 1 aromatic rings. The molecule has 0 aromatic heterocycles. The smallest absolute Gasteiger partial charge is 0.205 e. The molecular weight excluding hydrogens is 288 g/mol. The van der Waals surface area contributed by atoms with Crippen LogP contribution in [0.15, 0.2) is 18.2 Å². The van der Waals surface area contributed by atoms with Crippen LogP contribution < -0.4 is 4.74 Å². The molecule has 3 aliphatic rings. The van der Waals surface area contributed by atoms with Crippen LogP contribution in [-0.2, 0) is 11.2 Å². The van der Waals surface area contributed by atoms with Crippen molar-refractivity contribution < 1.29 is 9.47 Å². The van der Waals surface area contributed by atoms with Crippen LogP contribution in [0.5, 0.6) is 5.75 Å². The highest BCUT2D eigenvalue weighted by molar-refractivity contribution is 8.18. The third-order valence-corrected chi connectivity index (χ3v) is 7.60. The van der Waals surface area contributed by atoms with E-state index in [1.54, 1.807) is 0 Å². The van der Waals surface area contributed by atoms with Gasteiger partial charge in [0.05, 0.1) is 10.2 Å². The predicted octanol–water partition coefficient (Wildman–Crippen LogP) is 4.39. The number of hydrogen-bond donors (Lipinski definition) is 0. The van der Waals surface area contributed by atoms with E-state index in [0.717, 1.165) is 18.6 Å². The van der Waals surface area contributed by atoms with Crippen molar-refractivity contribution in [1.82, 2.24) is 0 Å². The van der Waals surface area contributed by atoms with Crippen LogP contribution in [0.1, 0.15) is 43.9 Å². The molecule has 1 fully saturated rings. The lowest BCUT2D eigenvalue weighted by atomic mass is 9.87. The van der Waals surface area contributed by atoms with Crippen molar-refractivity contribution in [2.45, 2.75) is 49.1 Å². The predicted molar refractivity (Wildman–Crippen MR) is 85.6 cm³/mol. The molecule has 0 bridgehead atoms. The first kappa shape index (κ1) is 13.4. The molecule has 2 aliphatic heterocycles. The summed E-state index contributed by atoms with van der Waals surface area (Å²) in [5, 5.41) is 0. The van der Waals surface area contributed by atoms with Crippen LogP contribution in [0.2, 0.25) is 0 Å². The lowest BCUT2D eigenvalue weighted by molar-refractivity contribution is -0.210. The maximum Gasteiger partial charge on any atom is 0.205 e. The molecule has 1 spiro atoms. The van der Waals surface area contributed by atoms with Crippen LogP contribution in [0, 0.1) is 0 Å². The lowest BCUT2D eigenvalue weighted by Gasteiger charge is -2.47. The van der Waals surface area contributed by atoms with Gasteiger partial charge in [0.1, 0.15) is 5.75 Å². The molecule has 2 heterocycles. The maximum atomic E-state index is 6.26. The Balaban J connectivity index is 1.77. The fraction of sp³-hybridized carbons (Fsp3) is 0.625. The van der Waals surface area contributed by atoms with Gasteiger partial charge in [-0.3, -0.25) is 0 Å². The Morgan fingerprint density at radius 1 is 1.20 bits per heavy atom. The number of rotatable bonds is 0. The minimum absolute atomic E-state index is 0.191. The molecule has 1 atom stereocenters. The van der Waals surface area contributed by atoms with Gasteiger partial charge in [-0.25, -0.2) is 0 Å². The fourth-order valence-electron chi connectivity index (χ4n) is 3.51. The van der Waals surface area contributed by atoms with Gasteiger partial charge in [0.2, 0.25) is 5.79 Å². The van der Waals surface area contributed by atoms with Crippen molar-refractivity contribution in [3.05, 3.63) is 29.3 Å². The van der Waals surface area contributed by atoms with E-state index in [1.165, 1.54) is 29.1 Å². The third kappa shape index (κ3) is 2.16. The van der Waals surface area contributed by atoms with Crippen LogP contribution in [0.4, 0.5) is 0 Å². The Labute approximate surface area is 129 Å². The van der Waals surface area contributed by atoms with Gasteiger partial charge in [0.15, 0.2) is 0 Å². The van der Waals surface area contributed by atoms with E-state index in [-0.39, 0.29) is 6.10 Å². The zero-order valence-corrected chi connectivity index (χ0v) is 13.6. The molecule has 20 heavy (non-hydrogen) atoms. The van der Waals surface area contributed by atoms with Gasteiger partial charge in [-0.15, -0.1) is 23.5 Å². The molecule has 0 radical (unpaired) electrons. The van der Waals surface area contributed by atoms with E-state index in [2.05, 4.69) is 41.7 Å². The van der Waals surface area contributed by atoms with Gasteiger partial charge in [0, 0.05) is 25.8 Å². The van der Waals surface area contributed by atoms with Crippen molar-refractivity contribution in [3.63, 3.8) is 0 Å². The van der Waals surface area contributed by atoms with Crippen LogP contribution in [0.3, 0.4) is 0 Å². The molecule has 0 amide bonds. The van der Waals surface area contributed by atoms with Crippen molar-refractivity contribution in [2.75, 3.05) is 11.5 Å². The van der Waals surface area contributed by atoms with E-state index >= 15 is 0 Å². The van der Waals surface area contributed by atoms with E-state index in [4.69, 9.17) is 9.47 Å². The van der Waals surface area contributed by atoms with E-state index in [0.29, 0.717) is 4.08 Å². The lowest BCUT2D eigenvalue weighted by Crippen LogP contribution is -2.43. The molecule has 1 saturated heterocycles. The zero-order chi connectivity index (χ0) is 13.8. The summed E-state index contributed by atoms with van der Waals surface area (Å²) in [6, 6.07) is 6.48. The molecule has 4 rings (SSSR count). The molecule has 4 heteroatoms. The highest BCUT2D eigenvalue weighted by Gasteiger charge is 2.47. The van der Waals surface area contributed by atoms with Crippen molar-refractivity contribution in [3.8, 4) is 5.75 Å². The third-order valence-electron chi connectivity index (χ3n) is 4.24. The van der Waals surface area contributed by atoms with E-state index in [1.807, 2.05) is 13.8 Å². The second-order valence-electron chi connectivity index (χ2n) is 6.28. The molecule has 0 N–H and O–H groups in total. The van der Waals surface area contributed by atoms with Gasteiger partial charge in [-0.05, 0) is 36.0 Å². The molecule has 2 nitrogen and oxygen atoms in total. The van der Waals surface area contributed by atoms with Crippen LogP contribution in [-0.4, -0.2) is 21.4 Å². The molecule has 1 aromatic carbocycles. The first-order chi connectivity index (χ1) is 9.57. The molecular formula is C16H20O2S2. The Kier molecular flexibility index (Phi) is 3.06. The summed E-state index contributed by atoms with van der Waals surface area (Å²) in [7, 11) is 0. The monoisotopic (exact) mass is 308 g/mol. The quantitative estimate of drug-likeness (QED) is 0.707. The number of thioether (sulfide) groups is 2. The Bertz CT molecular complexity index is 535. The van der Waals surface area contributed by atoms with E-state index < -0.39 is 5.79 Å². The van der Waals surface area contributed by atoms with Gasteiger partial charge < -0.3 is 9.47 Å². The average molecular weight is 308 g/mol. The van der Waals surface area contributed by atoms with Gasteiger partial charge in [-0.1, -0.05) is 12.1 Å². The van der Waals surface area contributed by atoms with Crippen molar-refractivity contribution in [2.24, 2.45) is 0 Å². The Hall–Kier alpha value is -0.320. The summed E-state index contributed by atoms with van der Waals surface area (Å²) in [4.78, 5) is 0. The van der Waals surface area contributed by atoms with Gasteiger partial charge >= 0.3 is 0 Å². The highest BCUT2D eigenvalue weighted by Crippen LogP contribution is 2.57. The number of hydrogen-bond acceptors (Lipinski definition) is 4. The summed E-state index contributed by atoms with van der Waals surface area (Å²) in [6.45, 7) is 4.04. The SMILES string of the molecule is CC1(C)Oc2cccc3c2C(CC2(C3)SCCCS2)O1. The second-order valence-corrected chi connectivity index (χ2v) is 9.49. The first-order valence-electron chi connectivity index (χ1n) is 7.34. The van der Waals surface area contributed by atoms with Crippen LogP contribution in [0.25, 0.3) is 0 Å².